The van der Waals surface area contributed by atoms with E-state index in [-0.39, 0.29) is 22.6 Å². The summed E-state index contributed by atoms with van der Waals surface area (Å²) >= 11 is 2.08. The molecule has 1 unspecified atom stereocenters. The number of nitrogens with two attached hydrogens (primary N) is 1. The summed E-state index contributed by atoms with van der Waals surface area (Å²) in [5.41, 5.74) is 2.86. The Hall–Kier alpha value is -2.22. The van der Waals surface area contributed by atoms with Gasteiger partial charge < -0.3 is 19.5 Å². The minimum absolute atomic E-state index is 0.0483. The number of amides is 1. The summed E-state index contributed by atoms with van der Waals surface area (Å²) in [5, 5.41) is 1.73. The van der Waals surface area contributed by atoms with Gasteiger partial charge in [0.25, 0.3) is 0 Å². The molecular formula is C25H30IN5O4S. The Kier molecular flexibility index (Phi) is 7.52. The van der Waals surface area contributed by atoms with E-state index in [0.717, 1.165) is 25.1 Å². The molecule has 11 heteroatoms. The molecule has 2 N–H and O–H groups in total. The predicted octanol–water partition coefficient (Wildman–Crippen LogP) is 2.09. The van der Waals surface area contributed by atoms with Crippen molar-refractivity contribution in [3.05, 3.63) is 59.9 Å². The average Bonchev–Trinajstić information content (AvgIpc) is 2.92. The van der Waals surface area contributed by atoms with E-state index in [0.29, 0.717) is 49.7 Å². The van der Waals surface area contributed by atoms with Gasteiger partial charge in [-0.1, -0.05) is 40.8 Å². The maximum atomic E-state index is 13.5. The van der Waals surface area contributed by atoms with E-state index in [9.17, 15) is 13.2 Å². The molecule has 9 nitrogen and oxygen atoms in total. The van der Waals surface area contributed by atoms with Gasteiger partial charge in [0.2, 0.25) is 5.91 Å². The highest BCUT2D eigenvalue weighted by Gasteiger charge is 2.40. The van der Waals surface area contributed by atoms with Crippen LogP contribution < -0.4 is 10.7 Å². The molecule has 3 aliphatic rings. The summed E-state index contributed by atoms with van der Waals surface area (Å²) < 4.78 is 31.4. The zero-order chi connectivity index (χ0) is 25.3. The molecule has 4 heterocycles. The number of carbonyl (C=O) groups is 1. The molecule has 2 fully saturated rings. The summed E-state index contributed by atoms with van der Waals surface area (Å²) in [6.07, 6.45) is 5.37. The first-order valence-electron chi connectivity index (χ1n) is 12.1. The zero-order valence-corrected chi connectivity index (χ0v) is 22.9. The second-order valence-electron chi connectivity index (χ2n) is 9.28. The molecular weight excluding hydrogens is 593 g/mol. The molecule has 1 amide bonds. The number of benzene rings is 1. The molecule has 2 atom stereocenters. The van der Waals surface area contributed by atoms with Gasteiger partial charge in [-0.3, -0.25) is 9.78 Å². The lowest BCUT2D eigenvalue weighted by Gasteiger charge is -2.42. The fourth-order valence-electron chi connectivity index (χ4n) is 5.20. The topological polar surface area (TPSA) is 109 Å². The Morgan fingerprint density at radius 2 is 1.86 bits per heavy atom. The molecule has 5 rings (SSSR count). The number of fused-ring (bicyclic) bond motifs is 1. The van der Waals surface area contributed by atoms with Crippen LogP contribution in [0.5, 0.6) is 0 Å². The lowest BCUT2D eigenvalue weighted by Crippen LogP contribution is -2.52. The Balaban J connectivity index is 1.53. The molecule has 0 aliphatic carbocycles. The Bertz CT molecular complexity index is 1250. The largest absolute Gasteiger partial charge is 0.378 e. The quantitative estimate of drug-likeness (QED) is 0.234. The zero-order valence-electron chi connectivity index (χ0n) is 19.9. The van der Waals surface area contributed by atoms with Crippen LogP contribution in [0.3, 0.4) is 0 Å². The van der Waals surface area contributed by atoms with Gasteiger partial charge in [0.15, 0.2) is 9.84 Å². The SMILES string of the molecule is NN(C1=C(C(I)C(=O)N2CCOCC2)CS(=O)(=O)c2ccccc21)[C@H]1CCCN(c2ccncc2)C1. The average molecular weight is 624 g/mol. The number of ether oxygens (including phenoxy) is 1. The van der Waals surface area contributed by atoms with Crippen molar-refractivity contribution in [2.75, 3.05) is 50.0 Å². The van der Waals surface area contributed by atoms with Crippen LogP contribution >= 0.6 is 22.6 Å². The van der Waals surface area contributed by atoms with Crippen LogP contribution in [0, 0.1) is 0 Å². The molecule has 1 aromatic heterocycles. The number of aromatic nitrogens is 1. The Morgan fingerprint density at radius 1 is 1.14 bits per heavy atom. The number of morpholine rings is 1. The molecule has 1 aromatic carbocycles. The van der Waals surface area contributed by atoms with Gasteiger partial charge in [-0.2, -0.15) is 0 Å². The van der Waals surface area contributed by atoms with E-state index in [1.807, 2.05) is 18.2 Å². The van der Waals surface area contributed by atoms with Crippen molar-refractivity contribution in [1.82, 2.24) is 14.9 Å². The third-order valence-corrected chi connectivity index (χ3v) is 10.1. The van der Waals surface area contributed by atoms with Crippen LogP contribution in [-0.2, 0) is 19.4 Å². The molecule has 2 saturated heterocycles. The van der Waals surface area contributed by atoms with Crippen molar-refractivity contribution in [2.24, 2.45) is 5.84 Å². The second-order valence-corrected chi connectivity index (χ2v) is 12.5. The smallest absolute Gasteiger partial charge is 0.239 e. The highest BCUT2D eigenvalue weighted by atomic mass is 127. The number of halogens is 1. The number of alkyl halides is 1. The minimum atomic E-state index is -3.61. The van der Waals surface area contributed by atoms with Crippen molar-refractivity contribution < 1.29 is 17.9 Å². The lowest BCUT2D eigenvalue weighted by molar-refractivity contribution is -0.133. The summed E-state index contributed by atoms with van der Waals surface area (Å²) in [4.78, 5) is 21.9. The maximum absolute atomic E-state index is 13.5. The number of hydrazine groups is 1. The van der Waals surface area contributed by atoms with Crippen LogP contribution in [0.15, 0.2) is 59.3 Å². The molecule has 3 aliphatic heterocycles. The number of sulfone groups is 1. The fourth-order valence-corrected chi connectivity index (χ4v) is 8.06. The second kappa shape index (κ2) is 10.6. The van der Waals surface area contributed by atoms with E-state index >= 15 is 0 Å². The summed E-state index contributed by atoms with van der Waals surface area (Å²) in [6.45, 7) is 3.57. The van der Waals surface area contributed by atoms with E-state index in [2.05, 4.69) is 32.5 Å². The number of carbonyl (C=O) groups excluding carboxylic acids is 1. The number of hydrogen-bond acceptors (Lipinski definition) is 8. The number of pyridine rings is 1. The Labute approximate surface area is 225 Å². The molecule has 192 valence electrons. The van der Waals surface area contributed by atoms with Gasteiger partial charge in [-0.15, -0.1) is 0 Å². The summed E-state index contributed by atoms with van der Waals surface area (Å²) in [6, 6.07) is 10.9. The van der Waals surface area contributed by atoms with Crippen molar-refractivity contribution in [3.63, 3.8) is 0 Å². The number of anilines is 1. The van der Waals surface area contributed by atoms with E-state index < -0.39 is 13.8 Å². The lowest BCUT2D eigenvalue weighted by atomic mass is 9.98. The first-order chi connectivity index (χ1) is 17.4. The fraction of sp³-hybridized carbons (Fsp3) is 0.440. The van der Waals surface area contributed by atoms with Crippen LogP contribution in [0.4, 0.5) is 5.69 Å². The summed E-state index contributed by atoms with van der Waals surface area (Å²) in [5.74, 6) is 6.54. The Morgan fingerprint density at radius 3 is 2.61 bits per heavy atom. The van der Waals surface area contributed by atoms with Gasteiger partial charge in [0, 0.05) is 49.8 Å². The standard InChI is InChI=1S/C25H30IN5O4S/c26-23(25(32)29-12-14-35-15-13-29)21-17-36(33,34)22-6-2-1-5-20(22)24(21)31(27)19-4-3-11-30(16-19)18-7-9-28-10-8-18/h1-2,5-10,19,23H,3-4,11-17,27H2/t19-,23?/m0/s1. The van der Waals surface area contributed by atoms with Gasteiger partial charge >= 0.3 is 0 Å². The third-order valence-electron chi connectivity index (χ3n) is 7.05. The summed E-state index contributed by atoms with van der Waals surface area (Å²) in [7, 11) is -3.61. The van der Waals surface area contributed by atoms with Crippen molar-refractivity contribution >= 4 is 49.7 Å². The van der Waals surface area contributed by atoms with Crippen molar-refractivity contribution in [2.45, 2.75) is 27.7 Å². The number of rotatable bonds is 5. The number of piperidine rings is 1. The van der Waals surface area contributed by atoms with Gasteiger partial charge in [0.1, 0.15) is 3.92 Å². The molecule has 0 radical (unpaired) electrons. The number of hydrogen-bond donors (Lipinski definition) is 1. The number of nitrogens with zero attached hydrogens (tertiary/aromatic N) is 4. The van der Waals surface area contributed by atoms with Crippen LogP contribution in [0.1, 0.15) is 18.4 Å². The molecule has 0 bridgehead atoms. The molecule has 0 saturated carbocycles. The highest BCUT2D eigenvalue weighted by molar-refractivity contribution is 14.1. The van der Waals surface area contributed by atoms with Crippen LogP contribution in [-0.4, -0.2) is 84.3 Å². The van der Waals surface area contributed by atoms with Crippen molar-refractivity contribution in [1.29, 1.82) is 0 Å². The monoisotopic (exact) mass is 623 g/mol. The molecule has 0 spiro atoms. The van der Waals surface area contributed by atoms with E-state index in [4.69, 9.17) is 10.6 Å². The van der Waals surface area contributed by atoms with Gasteiger partial charge in [0.05, 0.1) is 35.6 Å². The van der Waals surface area contributed by atoms with E-state index in [1.165, 1.54) is 0 Å². The van der Waals surface area contributed by atoms with E-state index in [1.54, 1.807) is 40.5 Å². The van der Waals surface area contributed by atoms with Gasteiger partial charge in [-0.05, 0) is 36.6 Å². The minimum Gasteiger partial charge on any atom is -0.378 e. The molecule has 36 heavy (non-hydrogen) atoms. The third kappa shape index (κ3) is 4.98. The first kappa shape index (κ1) is 25.4. The first-order valence-corrected chi connectivity index (χ1v) is 15.0. The highest BCUT2D eigenvalue weighted by Crippen LogP contribution is 2.39. The van der Waals surface area contributed by atoms with Crippen molar-refractivity contribution in [3.8, 4) is 0 Å². The normalized spacial score (nSPS) is 22.7. The van der Waals surface area contributed by atoms with Gasteiger partial charge in [-0.25, -0.2) is 14.3 Å². The predicted molar refractivity (Wildman–Crippen MR) is 146 cm³/mol. The van der Waals surface area contributed by atoms with Crippen LogP contribution in [0.25, 0.3) is 5.70 Å². The molecule has 2 aromatic rings. The maximum Gasteiger partial charge on any atom is 0.239 e. The van der Waals surface area contributed by atoms with Crippen LogP contribution in [0.2, 0.25) is 0 Å².